The van der Waals surface area contributed by atoms with Gasteiger partial charge in [0.1, 0.15) is 0 Å². The number of unbranched alkanes of at least 4 members (excludes halogenated alkanes) is 22. The third-order valence-corrected chi connectivity index (χ3v) is 12.5. The summed E-state index contributed by atoms with van der Waals surface area (Å²) in [5.74, 6) is -0.345. The van der Waals surface area contributed by atoms with E-state index >= 15 is 0 Å². The van der Waals surface area contributed by atoms with Crippen LogP contribution in [0, 0.1) is 11.8 Å². The van der Waals surface area contributed by atoms with Crippen molar-refractivity contribution in [1.82, 2.24) is 4.90 Å². The van der Waals surface area contributed by atoms with Crippen molar-refractivity contribution in [2.24, 2.45) is 11.8 Å². The molecule has 1 saturated heterocycles. The number of ether oxygens (including phenoxy) is 4. The van der Waals surface area contributed by atoms with Gasteiger partial charge in [-0.05, 0) is 84.7 Å². The minimum absolute atomic E-state index is 0.0353. The summed E-state index contributed by atoms with van der Waals surface area (Å²) < 4.78 is 25.0. The molecule has 0 saturated carbocycles. The van der Waals surface area contributed by atoms with Gasteiger partial charge in [-0.15, -0.1) is 0 Å². The molecule has 0 radical (unpaired) electrons. The van der Waals surface area contributed by atoms with Crippen LogP contribution in [-0.2, 0) is 28.5 Å². The molecule has 3 atom stereocenters. The Labute approximate surface area is 361 Å². The second-order valence-electron chi connectivity index (χ2n) is 18.4. The maximum absolute atomic E-state index is 13.2. The monoisotopic (exact) mass is 822 g/mol. The van der Waals surface area contributed by atoms with E-state index in [-0.39, 0.29) is 29.9 Å². The predicted octanol–water partition coefficient (Wildman–Crippen LogP) is 14.7. The molecule has 0 aliphatic carbocycles. The minimum atomic E-state index is -0.537. The zero-order valence-corrected chi connectivity index (χ0v) is 39.7. The van der Waals surface area contributed by atoms with Gasteiger partial charge < -0.3 is 23.8 Å². The Morgan fingerprint density at radius 3 is 1.22 bits per heavy atom. The summed E-state index contributed by atoms with van der Waals surface area (Å²) in [6.45, 7) is 11.7. The SMILES string of the molecule is CCCCCCCCC(CCCCCCC)C(=O)OCCCCCC1(CCCCCOC(=O)C(CCCCCCC)CCCCCCCC)OCC(CCN(C)C)O1. The molecule has 1 fully saturated rings. The number of carbonyl (C=O) groups is 2. The van der Waals surface area contributed by atoms with Gasteiger partial charge in [0.2, 0.25) is 0 Å². The quantitative estimate of drug-likeness (QED) is 0.0448. The van der Waals surface area contributed by atoms with E-state index in [0.717, 1.165) is 116 Å². The van der Waals surface area contributed by atoms with Crippen molar-refractivity contribution in [1.29, 1.82) is 0 Å². The van der Waals surface area contributed by atoms with Gasteiger partial charge >= 0.3 is 11.9 Å². The summed E-state index contributed by atoms with van der Waals surface area (Å²) in [6, 6.07) is 0. The molecular weight excluding hydrogens is 723 g/mol. The van der Waals surface area contributed by atoms with Gasteiger partial charge in [0.15, 0.2) is 5.79 Å². The summed E-state index contributed by atoms with van der Waals surface area (Å²) in [6.07, 6.45) is 39.9. The van der Waals surface area contributed by atoms with Gasteiger partial charge in [-0.1, -0.05) is 169 Å². The Morgan fingerprint density at radius 2 is 0.862 bits per heavy atom. The highest BCUT2D eigenvalue weighted by Crippen LogP contribution is 2.35. The maximum Gasteiger partial charge on any atom is 0.308 e. The van der Waals surface area contributed by atoms with E-state index in [2.05, 4.69) is 46.7 Å². The fourth-order valence-electron chi connectivity index (χ4n) is 8.57. The summed E-state index contributed by atoms with van der Waals surface area (Å²) in [4.78, 5) is 28.6. The second kappa shape index (κ2) is 38.7. The van der Waals surface area contributed by atoms with Crippen molar-refractivity contribution in [3.63, 3.8) is 0 Å². The molecule has 1 rings (SSSR count). The first kappa shape index (κ1) is 54.8. The van der Waals surface area contributed by atoms with Gasteiger partial charge in [0, 0.05) is 19.4 Å². The van der Waals surface area contributed by atoms with Crippen LogP contribution in [0.4, 0.5) is 0 Å². The molecule has 344 valence electrons. The van der Waals surface area contributed by atoms with E-state index in [4.69, 9.17) is 18.9 Å². The smallest absolute Gasteiger partial charge is 0.308 e. The van der Waals surface area contributed by atoms with Crippen molar-refractivity contribution in [3.8, 4) is 0 Å². The van der Waals surface area contributed by atoms with Gasteiger partial charge in [0.25, 0.3) is 0 Å². The molecule has 0 amide bonds. The van der Waals surface area contributed by atoms with Gasteiger partial charge in [-0.25, -0.2) is 0 Å². The van der Waals surface area contributed by atoms with Gasteiger partial charge in [-0.2, -0.15) is 0 Å². The molecule has 0 aromatic heterocycles. The van der Waals surface area contributed by atoms with E-state index < -0.39 is 5.79 Å². The van der Waals surface area contributed by atoms with Crippen LogP contribution in [0.25, 0.3) is 0 Å². The van der Waals surface area contributed by atoms with Crippen LogP contribution in [-0.4, -0.2) is 69.2 Å². The lowest BCUT2D eigenvalue weighted by atomic mass is 9.94. The molecule has 7 nitrogen and oxygen atoms in total. The van der Waals surface area contributed by atoms with E-state index in [1.807, 2.05) is 0 Å². The lowest BCUT2D eigenvalue weighted by Gasteiger charge is -2.29. The van der Waals surface area contributed by atoms with Crippen molar-refractivity contribution >= 4 is 11.9 Å². The molecule has 1 aliphatic heterocycles. The summed E-state index contributed by atoms with van der Waals surface area (Å²) in [5, 5.41) is 0. The third-order valence-electron chi connectivity index (χ3n) is 12.5. The molecule has 0 aromatic rings. The average molecular weight is 822 g/mol. The Balaban J connectivity index is 2.55. The van der Waals surface area contributed by atoms with Crippen LogP contribution in [0.15, 0.2) is 0 Å². The molecule has 58 heavy (non-hydrogen) atoms. The van der Waals surface area contributed by atoms with Crippen LogP contribution in [0.3, 0.4) is 0 Å². The third kappa shape index (κ3) is 29.9. The second-order valence-corrected chi connectivity index (χ2v) is 18.4. The Kier molecular flexibility index (Phi) is 36.6. The topological polar surface area (TPSA) is 74.3 Å². The molecule has 3 unspecified atom stereocenters. The van der Waals surface area contributed by atoms with Crippen LogP contribution in [0.2, 0.25) is 0 Å². The molecule has 0 N–H and O–H groups in total. The Bertz CT molecular complexity index is 869. The predicted molar refractivity (Wildman–Crippen MR) is 245 cm³/mol. The van der Waals surface area contributed by atoms with E-state index in [9.17, 15) is 9.59 Å². The van der Waals surface area contributed by atoms with E-state index in [0.29, 0.717) is 19.8 Å². The molecule has 0 spiro atoms. The number of rotatable bonds is 43. The average Bonchev–Trinajstić information content (AvgIpc) is 3.63. The Hall–Kier alpha value is -1.18. The Morgan fingerprint density at radius 1 is 0.517 bits per heavy atom. The number of carbonyl (C=O) groups excluding carboxylic acids is 2. The van der Waals surface area contributed by atoms with Crippen LogP contribution < -0.4 is 0 Å². The van der Waals surface area contributed by atoms with Crippen LogP contribution >= 0.6 is 0 Å². The minimum Gasteiger partial charge on any atom is -0.465 e. The van der Waals surface area contributed by atoms with Gasteiger partial charge in [-0.3, -0.25) is 9.59 Å². The molecule has 0 aromatic carbocycles. The molecule has 0 bridgehead atoms. The van der Waals surface area contributed by atoms with E-state index in [1.165, 1.54) is 116 Å². The normalized spacial score (nSPS) is 17.9. The summed E-state index contributed by atoms with van der Waals surface area (Å²) in [7, 11) is 4.22. The zero-order chi connectivity index (χ0) is 42.4. The van der Waals surface area contributed by atoms with Gasteiger partial charge in [0.05, 0.1) is 37.8 Å². The van der Waals surface area contributed by atoms with Crippen LogP contribution in [0.1, 0.15) is 252 Å². The number of hydrogen-bond acceptors (Lipinski definition) is 7. The number of esters is 2. The highest BCUT2D eigenvalue weighted by molar-refractivity contribution is 5.72. The molecular formula is C51H99NO6. The fraction of sp³-hybridized carbons (Fsp3) is 0.961. The summed E-state index contributed by atoms with van der Waals surface area (Å²) >= 11 is 0. The van der Waals surface area contributed by atoms with E-state index in [1.54, 1.807) is 0 Å². The standard InChI is InChI=1S/C51H99NO6/c1-7-11-15-19-23-29-37-46(35-27-21-17-13-9-3)49(53)55-43-33-25-31-40-51(57-45-48(58-51)39-42-52(5)6)41-32-26-34-44-56-50(54)47(36-28-22-18-14-10-4)38-30-24-20-16-12-8-2/h46-48H,7-45H2,1-6H3. The van der Waals surface area contributed by atoms with Crippen LogP contribution in [0.5, 0.6) is 0 Å². The first-order chi connectivity index (χ1) is 28.3. The highest BCUT2D eigenvalue weighted by atomic mass is 16.7. The van der Waals surface area contributed by atoms with Crippen molar-refractivity contribution in [3.05, 3.63) is 0 Å². The number of nitrogens with zero attached hydrogens (tertiary/aromatic N) is 1. The maximum atomic E-state index is 13.2. The number of hydrogen-bond donors (Lipinski definition) is 0. The molecule has 1 heterocycles. The summed E-state index contributed by atoms with van der Waals surface area (Å²) in [5.41, 5.74) is 0. The first-order valence-electron chi connectivity index (χ1n) is 25.6. The zero-order valence-electron chi connectivity index (χ0n) is 39.7. The molecule has 7 heteroatoms. The van der Waals surface area contributed by atoms with Crippen molar-refractivity contribution in [2.75, 3.05) is 40.5 Å². The lowest BCUT2D eigenvalue weighted by molar-refractivity contribution is -0.180. The largest absolute Gasteiger partial charge is 0.465 e. The highest BCUT2D eigenvalue weighted by Gasteiger charge is 2.40. The van der Waals surface area contributed by atoms with Crippen molar-refractivity contribution in [2.45, 2.75) is 264 Å². The van der Waals surface area contributed by atoms with Crippen molar-refractivity contribution < 1.29 is 28.5 Å². The first-order valence-corrected chi connectivity index (χ1v) is 25.6. The lowest BCUT2D eigenvalue weighted by Crippen LogP contribution is -2.31. The fourth-order valence-corrected chi connectivity index (χ4v) is 8.57. The molecule has 1 aliphatic rings.